The number of anilines is 1. The lowest BCUT2D eigenvalue weighted by molar-refractivity contribution is 0.102. The Labute approximate surface area is 159 Å². The van der Waals surface area contributed by atoms with E-state index in [1.807, 2.05) is 30.3 Å². The van der Waals surface area contributed by atoms with Crippen LogP contribution in [0.2, 0.25) is 5.02 Å². The third kappa shape index (κ3) is 4.20. The van der Waals surface area contributed by atoms with Gasteiger partial charge in [-0.1, -0.05) is 29.8 Å². The van der Waals surface area contributed by atoms with E-state index < -0.39 is 10.8 Å². The number of rotatable bonds is 5. The maximum Gasteiger partial charge on any atom is 0.259 e. The fraction of sp³-hybridized carbons (Fsp3) is 0.158. The molecule has 1 heterocycles. The van der Waals surface area contributed by atoms with Crippen LogP contribution in [0.5, 0.6) is 0 Å². The molecular formula is C19H18ClN3O2S. The Morgan fingerprint density at radius 2 is 1.96 bits per heavy atom. The van der Waals surface area contributed by atoms with Crippen molar-refractivity contribution in [2.24, 2.45) is 0 Å². The van der Waals surface area contributed by atoms with Crippen LogP contribution in [0.1, 0.15) is 21.6 Å². The Balaban J connectivity index is 1.83. The molecule has 0 aliphatic heterocycles. The Kier molecular flexibility index (Phi) is 5.54. The van der Waals surface area contributed by atoms with E-state index in [0.717, 1.165) is 11.3 Å². The van der Waals surface area contributed by atoms with Crippen LogP contribution in [0, 0.1) is 6.92 Å². The van der Waals surface area contributed by atoms with E-state index in [0.29, 0.717) is 27.7 Å². The van der Waals surface area contributed by atoms with E-state index in [2.05, 4.69) is 10.4 Å². The van der Waals surface area contributed by atoms with Crippen LogP contribution < -0.4 is 5.32 Å². The highest BCUT2D eigenvalue weighted by Gasteiger charge is 2.15. The average molecular weight is 388 g/mol. The topological polar surface area (TPSA) is 64.0 Å². The van der Waals surface area contributed by atoms with Gasteiger partial charge in [-0.15, -0.1) is 0 Å². The van der Waals surface area contributed by atoms with E-state index in [9.17, 15) is 9.00 Å². The minimum Gasteiger partial charge on any atom is -0.322 e. The van der Waals surface area contributed by atoms with Crippen molar-refractivity contribution in [1.29, 1.82) is 0 Å². The summed E-state index contributed by atoms with van der Waals surface area (Å²) < 4.78 is 13.1. The third-order valence-electron chi connectivity index (χ3n) is 3.83. The highest BCUT2D eigenvalue weighted by atomic mass is 35.5. The van der Waals surface area contributed by atoms with E-state index in [-0.39, 0.29) is 5.91 Å². The molecule has 134 valence electrons. The third-order valence-corrected chi connectivity index (χ3v) is 4.91. The zero-order valence-corrected chi connectivity index (χ0v) is 16.0. The summed E-state index contributed by atoms with van der Waals surface area (Å²) in [5, 5.41) is 7.80. The molecule has 0 aliphatic carbocycles. The van der Waals surface area contributed by atoms with Gasteiger partial charge in [0.1, 0.15) is 0 Å². The minimum atomic E-state index is -1.02. The van der Waals surface area contributed by atoms with Gasteiger partial charge in [0, 0.05) is 39.7 Å². The molecule has 0 bridgehead atoms. The van der Waals surface area contributed by atoms with E-state index in [1.54, 1.807) is 42.3 Å². The van der Waals surface area contributed by atoms with Gasteiger partial charge >= 0.3 is 0 Å². The second-order valence-corrected chi connectivity index (χ2v) is 7.73. The lowest BCUT2D eigenvalue weighted by Gasteiger charge is -2.08. The van der Waals surface area contributed by atoms with Crippen molar-refractivity contribution >= 4 is 34.0 Å². The molecule has 5 nitrogen and oxygen atoms in total. The van der Waals surface area contributed by atoms with E-state index in [4.69, 9.17) is 11.6 Å². The first-order chi connectivity index (χ1) is 12.4. The van der Waals surface area contributed by atoms with Gasteiger partial charge in [-0.3, -0.25) is 9.00 Å². The van der Waals surface area contributed by atoms with Crippen LogP contribution in [0.15, 0.2) is 54.7 Å². The molecule has 3 aromatic rings. The van der Waals surface area contributed by atoms with E-state index >= 15 is 0 Å². The first-order valence-electron chi connectivity index (χ1n) is 7.95. The Morgan fingerprint density at radius 3 is 2.65 bits per heavy atom. The number of hydrogen-bond acceptors (Lipinski definition) is 3. The van der Waals surface area contributed by atoms with Crippen molar-refractivity contribution in [2.45, 2.75) is 12.7 Å². The first kappa shape index (κ1) is 18.4. The predicted octanol–water partition coefficient (Wildman–Crippen LogP) is 3.96. The normalized spacial score (nSPS) is 12.0. The van der Waals surface area contributed by atoms with Crippen LogP contribution in [0.25, 0.3) is 5.69 Å². The summed E-state index contributed by atoms with van der Waals surface area (Å²) >= 11 is 6.13. The lowest BCUT2D eigenvalue weighted by Crippen LogP contribution is -2.12. The fourth-order valence-corrected chi connectivity index (χ4v) is 3.52. The van der Waals surface area contributed by atoms with Crippen LogP contribution in [-0.2, 0) is 16.6 Å². The molecule has 0 fully saturated rings. The van der Waals surface area contributed by atoms with Gasteiger partial charge < -0.3 is 5.32 Å². The Morgan fingerprint density at radius 1 is 1.23 bits per heavy atom. The Hall–Kier alpha value is -2.44. The summed E-state index contributed by atoms with van der Waals surface area (Å²) in [6.07, 6.45) is 3.32. The smallest absolute Gasteiger partial charge is 0.259 e. The molecule has 0 radical (unpaired) electrons. The predicted molar refractivity (Wildman–Crippen MR) is 105 cm³/mol. The van der Waals surface area contributed by atoms with Crippen molar-refractivity contribution in [3.8, 4) is 5.69 Å². The summed E-state index contributed by atoms with van der Waals surface area (Å²) in [6, 6.07) is 14.8. The minimum absolute atomic E-state index is 0.254. The van der Waals surface area contributed by atoms with Gasteiger partial charge in [0.15, 0.2) is 0 Å². The molecule has 0 unspecified atom stereocenters. The summed E-state index contributed by atoms with van der Waals surface area (Å²) in [5.41, 5.74) is 3.35. The number of benzene rings is 2. The number of aryl methyl sites for hydroxylation is 1. The molecule has 0 saturated carbocycles. The highest BCUT2D eigenvalue weighted by molar-refractivity contribution is 7.83. The second-order valence-electron chi connectivity index (χ2n) is 5.89. The van der Waals surface area contributed by atoms with Gasteiger partial charge in [0.05, 0.1) is 16.9 Å². The van der Waals surface area contributed by atoms with Crippen LogP contribution in [-0.4, -0.2) is 26.2 Å². The van der Waals surface area contributed by atoms with Crippen LogP contribution in [0.4, 0.5) is 5.69 Å². The monoisotopic (exact) mass is 387 g/mol. The number of amides is 1. The first-order valence-corrected chi connectivity index (χ1v) is 10.1. The van der Waals surface area contributed by atoms with Crippen LogP contribution in [0.3, 0.4) is 0 Å². The lowest BCUT2D eigenvalue weighted by atomic mass is 10.2. The standard InChI is InChI=1S/C19H18ClN3O2S/c1-13-17(11-23(22-13)16-6-4-3-5-7-16)19(24)21-15-8-9-18(20)14(10-15)12-26(2)25/h3-11H,12H2,1-2H3,(H,21,24)/t26-/m0/s1. The zero-order chi connectivity index (χ0) is 18.7. The van der Waals surface area contributed by atoms with Crippen molar-refractivity contribution < 1.29 is 9.00 Å². The molecule has 26 heavy (non-hydrogen) atoms. The summed E-state index contributed by atoms with van der Waals surface area (Å²) in [5.74, 6) is 0.0867. The molecule has 0 saturated heterocycles. The molecule has 0 aliphatic rings. The maximum absolute atomic E-state index is 12.6. The molecule has 1 atom stereocenters. The molecule has 2 aromatic carbocycles. The number of aromatic nitrogens is 2. The summed E-state index contributed by atoms with van der Waals surface area (Å²) in [4.78, 5) is 12.6. The van der Waals surface area contributed by atoms with Crippen LogP contribution >= 0.6 is 11.6 Å². The Bertz CT molecular complexity index is 970. The molecular weight excluding hydrogens is 370 g/mol. The number of para-hydroxylation sites is 1. The number of halogens is 1. The van der Waals surface area contributed by atoms with Crippen molar-refractivity contribution in [3.63, 3.8) is 0 Å². The summed E-state index contributed by atoms with van der Waals surface area (Å²) in [6.45, 7) is 1.79. The molecule has 0 spiro atoms. The van der Waals surface area contributed by atoms with Gasteiger partial charge in [-0.2, -0.15) is 5.10 Å². The van der Waals surface area contributed by atoms with Crippen molar-refractivity contribution in [1.82, 2.24) is 9.78 Å². The molecule has 1 amide bonds. The summed E-state index contributed by atoms with van der Waals surface area (Å²) in [7, 11) is -1.02. The quantitative estimate of drug-likeness (QED) is 0.720. The number of hydrogen-bond donors (Lipinski definition) is 1. The number of carbonyl (C=O) groups is 1. The zero-order valence-electron chi connectivity index (χ0n) is 14.4. The van der Waals surface area contributed by atoms with Gasteiger partial charge in [-0.05, 0) is 42.8 Å². The van der Waals surface area contributed by atoms with Crippen molar-refractivity contribution in [3.05, 3.63) is 76.6 Å². The van der Waals surface area contributed by atoms with Gasteiger partial charge in [0.25, 0.3) is 5.91 Å². The van der Waals surface area contributed by atoms with Gasteiger partial charge in [0.2, 0.25) is 0 Å². The largest absolute Gasteiger partial charge is 0.322 e. The molecule has 1 aromatic heterocycles. The second kappa shape index (κ2) is 7.85. The van der Waals surface area contributed by atoms with Crippen molar-refractivity contribution in [2.75, 3.05) is 11.6 Å². The van der Waals surface area contributed by atoms with E-state index in [1.165, 1.54) is 0 Å². The van der Waals surface area contributed by atoms with Gasteiger partial charge in [-0.25, -0.2) is 4.68 Å². The maximum atomic E-state index is 12.6. The fourth-order valence-electron chi connectivity index (χ4n) is 2.58. The SMILES string of the molecule is Cc1nn(-c2ccccc2)cc1C(=O)Nc1ccc(Cl)c(C[S@](C)=O)c1. The average Bonchev–Trinajstić information content (AvgIpc) is 3.00. The molecule has 7 heteroatoms. The molecule has 1 N–H and O–H groups in total. The molecule has 3 rings (SSSR count). The number of carbonyl (C=O) groups excluding carboxylic acids is 1. The number of nitrogens with zero attached hydrogens (tertiary/aromatic N) is 2. The number of nitrogens with one attached hydrogen (secondary N) is 1. The highest BCUT2D eigenvalue weighted by Crippen LogP contribution is 2.23.